The molecular weight excluding hydrogens is 360 g/mol. The number of hydrogen-bond acceptors (Lipinski definition) is 3. The van der Waals surface area contributed by atoms with Gasteiger partial charge in [-0.25, -0.2) is 0 Å². The second-order valence-corrected chi connectivity index (χ2v) is 6.40. The van der Waals surface area contributed by atoms with Gasteiger partial charge in [-0.05, 0) is 36.4 Å². The number of rotatable bonds is 6. The van der Waals surface area contributed by atoms with Gasteiger partial charge in [0.2, 0.25) is 0 Å². The summed E-state index contributed by atoms with van der Waals surface area (Å²) in [6, 6.07) is 35.8. The SMILES string of the molecule is Oc1cccc(C(Oc2ccccc2)=C(Oc2ccccc2)c2ccccc2)c1. The molecule has 0 aliphatic carbocycles. The third kappa shape index (κ3) is 4.66. The van der Waals surface area contributed by atoms with Gasteiger partial charge >= 0.3 is 0 Å². The van der Waals surface area contributed by atoms with Gasteiger partial charge in [0.25, 0.3) is 0 Å². The Morgan fingerprint density at radius 1 is 0.483 bits per heavy atom. The molecule has 4 aromatic rings. The van der Waals surface area contributed by atoms with Gasteiger partial charge in [-0.1, -0.05) is 78.9 Å². The van der Waals surface area contributed by atoms with E-state index in [-0.39, 0.29) is 5.75 Å². The van der Waals surface area contributed by atoms with E-state index in [0.29, 0.717) is 28.6 Å². The second-order valence-electron chi connectivity index (χ2n) is 6.40. The molecule has 0 bridgehead atoms. The molecule has 0 aromatic heterocycles. The summed E-state index contributed by atoms with van der Waals surface area (Å²) in [6.45, 7) is 0. The molecule has 0 spiro atoms. The minimum absolute atomic E-state index is 0.156. The van der Waals surface area contributed by atoms with Crippen molar-refractivity contribution in [1.29, 1.82) is 0 Å². The number of aromatic hydroxyl groups is 1. The quantitative estimate of drug-likeness (QED) is 0.312. The van der Waals surface area contributed by atoms with Crippen LogP contribution in [0.5, 0.6) is 17.2 Å². The summed E-state index contributed by atoms with van der Waals surface area (Å²) in [6.07, 6.45) is 0. The van der Waals surface area contributed by atoms with Crippen LogP contribution in [0.15, 0.2) is 115 Å². The van der Waals surface area contributed by atoms with Gasteiger partial charge in [-0.15, -0.1) is 0 Å². The Labute approximate surface area is 170 Å². The monoisotopic (exact) mass is 380 g/mol. The topological polar surface area (TPSA) is 38.7 Å². The van der Waals surface area contributed by atoms with Crippen molar-refractivity contribution in [1.82, 2.24) is 0 Å². The van der Waals surface area contributed by atoms with Crippen LogP contribution in [-0.4, -0.2) is 5.11 Å². The number of para-hydroxylation sites is 2. The van der Waals surface area contributed by atoms with E-state index in [4.69, 9.17) is 9.47 Å². The van der Waals surface area contributed by atoms with Crippen molar-refractivity contribution in [2.45, 2.75) is 0 Å². The average Bonchev–Trinajstić information content (AvgIpc) is 2.78. The number of phenols is 1. The summed E-state index contributed by atoms with van der Waals surface area (Å²) in [7, 11) is 0. The smallest absolute Gasteiger partial charge is 0.177 e. The van der Waals surface area contributed by atoms with E-state index < -0.39 is 0 Å². The van der Waals surface area contributed by atoms with E-state index in [1.165, 1.54) is 0 Å². The molecule has 142 valence electrons. The molecule has 0 radical (unpaired) electrons. The minimum atomic E-state index is 0.156. The van der Waals surface area contributed by atoms with Crippen LogP contribution >= 0.6 is 0 Å². The molecule has 0 aliphatic heterocycles. The normalized spacial score (nSPS) is 11.4. The molecule has 0 aliphatic rings. The number of hydrogen-bond donors (Lipinski definition) is 1. The van der Waals surface area contributed by atoms with Crippen molar-refractivity contribution in [2.75, 3.05) is 0 Å². The first-order chi connectivity index (χ1) is 14.3. The zero-order valence-corrected chi connectivity index (χ0v) is 15.7. The lowest BCUT2D eigenvalue weighted by Crippen LogP contribution is -2.05. The van der Waals surface area contributed by atoms with E-state index in [9.17, 15) is 5.11 Å². The van der Waals surface area contributed by atoms with Gasteiger partial charge in [0.15, 0.2) is 11.5 Å². The van der Waals surface area contributed by atoms with E-state index in [0.717, 1.165) is 5.56 Å². The maximum absolute atomic E-state index is 10.1. The zero-order chi connectivity index (χ0) is 19.9. The van der Waals surface area contributed by atoms with Gasteiger partial charge < -0.3 is 14.6 Å². The van der Waals surface area contributed by atoms with Crippen molar-refractivity contribution in [3.63, 3.8) is 0 Å². The standard InChI is InChI=1S/C26H20O3/c27-22-14-10-13-21(19-22)26(29-24-17-8-3-9-18-24)25(20-11-4-1-5-12-20)28-23-15-6-2-7-16-23/h1-19,27H. The number of benzene rings is 4. The number of ether oxygens (including phenoxy) is 2. The molecule has 29 heavy (non-hydrogen) atoms. The summed E-state index contributed by atoms with van der Waals surface area (Å²) < 4.78 is 12.6. The Kier molecular flexibility index (Phi) is 5.58. The van der Waals surface area contributed by atoms with Crippen molar-refractivity contribution in [3.05, 3.63) is 126 Å². The summed E-state index contributed by atoms with van der Waals surface area (Å²) in [5.74, 6) is 2.61. The highest BCUT2D eigenvalue weighted by atomic mass is 16.5. The fourth-order valence-electron chi connectivity index (χ4n) is 2.92. The van der Waals surface area contributed by atoms with Gasteiger partial charge in [0.1, 0.15) is 17.2 Å². The summed E-state index contributed by atoms with van der Waals surface area (Å²) >= 11 is 0. The lowest BCUT2D eigenvalue weighted by Gasteiger charge is -2.18. The maximum Gasteiger partial charge on any atom is 0.177 e. The van der Waals surface area contributed by atoms with Crippen LogP contribution in [0.25, 0.3) is 11.5 Å². The lowest BCUT2D eigenvalue weighted by atomic mass is 10.1. The predicted octanol–water partition coefficient (Wildman–Crippen LogP) is 6.38. The van der Waals surface area contributed by atoms with Gasteiger partial charge in [0, 0.05) is 11.1 Å². The maximum atomic E-state index is 10.1. The van der Waals surface area contributed by atoms with E-state index in [1.807, 2.05) is 97.1 Å². The molecule has 0 heterocycles. The highest BCUT2D eigenvalue weighted by Gasteiger charge is 2.18. The van der Waals surface area contributed by atoms with Crippen molar-refractivity contribution < 1.29 is 14.6 Å². The molecule has 0 unspecified atom stereocenters. The van der Waals surface area contributed by atoms with Crippen molar-refractivity contribution >= 4 is 11.5 Å². The highest BCUT2D eigenvalue weighted by Crippen LogP contribution is 2.32. The van der Waals surface area contributed by atoms with Crippen LogP contribution in [0.2, 0.25) is 0 Å². The fourth-order valence-corrected chi connectivity index (χ4v) is 2.92. The first-order valence-corrected chi connectivity index (χ1v) is 9.34. The molecule has 0 amide bonds. The molecule has 1 N–H and O–H groups in total. The summed E-state index contributed by atoms with van der Waals surface area (Å²) in [5, 5.41) is 10.1. The van der Waals surface area contributed by atoms with E-state index >= 15 is 0 Å². The Morgan fingerprint density at radius 3 is 1.45 bits per heavy atom. The molecule has 4 rings (SSSR count). The van der Waals surface area contributed by atoms with Crippen LogP contribution in [0.4, 0.5) is 0 Å². The molecule has 3 nitrogen and oxygen atoms in total. The van der Waals surface area contributed by atoms with E-state index in [2.05, 4.69) is 0 Å². The molecule has 0 saturated carbocycles. The minimum Gasteiger partial charge on any atom is -0.508 e. The van der Waals surface area contributed by atoms with Crippen LogP contribution in [0.1, 0.15) is 11.1 Å². The molecule has 4 aromatic carbocycles. The van der Waals surface area contributed by atoms with Crippen LogP contribution in [-0.2, 0) is 0 Å². The summed E-state index contributed by atoms with van der Waals surface area (Å²) in [4.78, 5) is 0. The highest BCUT2D eigenvalue weighted by molar-refractivity contribution is 5.86. The molecular formula is C26H20O3. The second kappa shape index (κ2) is 8.81. The van der Waals surface area contributed by atoms with Crippen LogP contribution < -0.4 is 9.47 Å². The van der Waals surface area contributed by atoms with Gasteiger partial charge in [-0.2, -0.15) is 0 Å². The van der Waals surface area contributed by atoms with Crippen LogP contribution in [0, 0.1) is 0 Å². The summed E-state index contributed by atoms with van der Waals surface area (Å²) in [5.41, 5.74) is 1.58. The fraction of sp³-hybridized carbons (Fsp3) is 0. The third-order valence-corrected chi connectivity index (χ3v) is 4.28. The molecule has 0 saturated heterocycles. The predicted molar refractivity (Wildman–Crippen MR) is 116 cm³/mol. The number of phenolic OH excluding ortho intramolecular Hbond substituents is 1. The Hall–Kier alpha value is -3.98. The molecule has 0 atom stereocenters. The Bertz CT molecular complexity index is 1090. The van der Waals surface area contributed by atoms with Gasteiger partial charge in [-0.3, -0.25) is 0 Å². The van der Waals surface area contributed by atoms with Gasteiger partial charge in [0.05, 0.1) is 0 Å². The lowest BCUT2D eigenvalue weighted by molar-refractivity contribution is 0.464. The third-order valence-electron chi connectivity index (χ3n) is 4.28. The van der Waals surface area contributed by atoms with Crippen molar-refractivity contribution in [3.8, 4) is 17.2 Å². The van der Waals surface area contributed by atoms with Crippen LogP contribution in [0.3, 0.4) is 0 Å². The average molecular weight is 380 g/mol. The first kappa shape index (κ1) is 18.4. The molecule has 3 heteroatoms. The Balaban J connectivity index is 1.90. The molecule has 0 fully saturated rings. The van der Waals surface area contributed by atoms with E-state index in [1.54, 1.807) is 18.2 Å². The first-order valence-electron chi connectivity index (χ1n) is 9.34. The zero-order valence-electron chi connectivity index (χ0n) is 15.7. The van der Waals surface area contributed by atoms with Crippen molar-refractivity contribution in [2.24, 2.45) is 0 Å². The Morgan fingerprint density at radius 2 is 0.931 bits per heavy atom. The largest absolute Gasteiger partial charge is 0.508 e.